The van der Waals surface area contributed by atoms with E-state index >= 15 is 0 Å². The Kier molecular flexibility index (Phi) is 5.36. The second-order valence-corrected chi connectivity index (χ2v) is 8.29. The Labute approximate surface area is 174 Å². The van der Waals surface area contributed by atoms with E-state index in [1.807, 2.05) is 42.7 Å². The van der Waals surface area contributed by atoms with Gasteiger partial charge in [-0.25, -0.2) is 9.97 Å². The molecule has 5 nitrogen and oxygen atoms in total. The lowest BCUT2D eigenvalue weighted by molar-refractivity contribution is 0.100. The number of rotatable bonds is 6. The van der Waals surface area contributed by atoms with Gasteiger partial charge in [0.2, 0.25) is 5.91 Å². The fourth-order valence-electron chi connectivity index (χ4n) is 3.07. The quantitative estimate of drug-likeness (QED) is 0.465. The van der Waals surface area contributed by atoms with Gasteiger partial charge in [-0.05, 0) is 18.1 Å². The molecule has 0 spiro atoms. The summed E-state index contributed by atoms with van der Waals surface area (Å²) in [6.45, 7) is 4.39. The number of carbonyl (C=O) groups excluding carboxylic acids is 1. The highest BCUT2D eigenvalue weighted by atomic mass is 32.2. The van der Waals surface area contributed by atoms with Crippen LogP contribution in [0.25, 0.3) is 28.2 Å². The zero-order valence-corrected chi connectivity index (χ0v) is 17.2. The van der Waals surface area contributed by atoms with Crippen LogP contribution in [0.1, 0.15) is 24.2 Å². The van der Waals surface area contributed by atoms with E-state index < -0.39 is 5.91 Å². The summed E-state index contributed by atoms with van der Waals surface area (Å²) in [6, 6.07) is 17.4. The van der Waals surface area contributed by atoms with Crippen LogP contribution in [0.4, 0.5) is 0 Å². The molecule has 0 radical (unpaired) electrons. The number of fused-ring (bicyclic) bond motifs is 1. The van der Waals surface area contributed by atoms with E-state index in [0.29, 0.717) is 11.5 Å². The molecule has 146 valence electrons. The van der Waals surface area contributed by atoms with Crippen molar-refractivity contribution in [3.8, 4) is 22.5 Å². The first-order valence-corrected chi connectivity index (χ1v) is 10.5. The Morgan fingerprint density at radius 3 is 2.45 bits per heavy atom. The summed E-state index contributed by atoms with van der Waals surface area (Å²) in [7, 11) is 0. The van der Waals surface area contributed by atoms with Crippen LogP contribution in [0, 0.1) is 5.92 Å². The Hall–Kier alpha value is -3.12. The molecular weight excluding hydrogens is 380 g/mol. The van der Waals surface area contributed by atoms with Crippen LogP contribution in [0.2, 0.25) is 0 Å². The highest BCUT2D eigenvalue weighted by Gasteiger charge is 2.15. The first-order valence-electron chi connectivity index (χ1n) is 9.49. The number of nitrogens with two attached hydrogens (primary N) is 1. The van der Waals surface area contributed by atoms with Gasteiger partial charge in [-0.2, -0.15) is 0 Å². The van der Waals surface area contributed by atoms with Gasteiger partial charge in [0, 0.05) is 28.6 Å². The summed E-state index contributed by atoms with van der Waals surface area (Å²) in [5.41, 5.74) is 10.6. The third-order valence-electron chi connectivity index (χ3n) is 4.55. The molecule has 2 heterocycles. The number of nitrogens with zero attached hydrogens (tertiary/aromatic N) is 3. The predicted octanol–water partition coefficient (Wildman–Crippen LogP) is 4.91. The van der Waals surface area contributed by atoms with Crippen LogP contribution in [0.3, 0.4) is 0 Å². The molecule has 6 heteroatoms. The van der Waals surface area contributed by atoms with Gasteiger partial charge in [-0.3, -0.25) is 9.20 Å². The number of hydrogen-bond donors (Lipinski definition) is 1. The first-order chi connectivity index (χ1) is 14.0. The maximum absolute atomic E-state index is 11.4. The third kappa shape index (κ3) is 4.03. The fourth-order valence-corrected chi connectivity index (χ4v) is 4.00. The second-order valence-electron chi connectivity index (χ2n) is 7.28. The molecule has 0 aliphatic rings. The van der Waals surface area contributed by atoms with Crippen LogP contribution < -0.4 is 5.73 Å². The summed E-state index contributed by atoms with van der Waals surface area (Å²) >= 11 is 1.73. The fraction of sp³-hybridized carbons (Fsp3) is 0.174. The topological polar surface area (TPSA) is 73.3 Å². The van der Waals surface area contributed by atoms with Crippen molar-refractivity contribution < 1.29 is 4.79 Å². The highest BCUT2D eigenvalue weighted by molar-refractivity contribution is 7.99. The number of hydrogen-bond acceptors (Lipinski definition) is 4. The van der Waals surface area contributed by atoms with Gasteiger partial charge in [0.25, 0.3) is 0 Å². The Balaban J connectivity index is 1.86. The molecular formula is C23H22N4OS. The zero-order chi connectivity index (χ0) is 20.4. The smallest absolute Gasteiger partial charge is 0.248 e. The molecule has 0 unspecified atom stereocenters. The van der Waals surface area contributed by atoms with E-state index in [4.69, 9.17) is 10.7 Å². The molecule has 1 amide bonds. The summed E-state index contributed by atoms with van der Waals surface area (Å²) in [6.07, 6.45) is 3.87. The Morgan fingerprint density at radius 1 is 1.07 bits per heavy atom. The highest BCUT2D eigenvalue weighted by Crippen LogP contribution is 2.30. The normalized spacial score (nSPS) is 11.3. The zero-order valence-electron chi connectivity index (χ0n) is 16.4. The van der Waals surface area contributed by atoms with Crippen molar-refractivity contribution in [2.45, 2.75) is 18.9 Å². The molecule has 0 saturated carbocycles. The second kappa shape index (κ2) is 8.09. The maximum atomic E-state index is 11.4. The number of benzene rings is 2. The minimum atomic E-state index is -0.433. The summed E-state index contributed by atoms with van der Waals surface area (Å²) < 4.78 is 2.08. The maximum Gasteiger partial charge on any atom is 0.248 e. The largest absolute Gasteiger partial charge is 0.366 e. The van der Waals surface area contributed by atoms with E-state index in [1.165, 1.54) is 0 Å². The van der Waals surface area contributed by atoms with Gasteiger partial charge < -0.3 is 5.73 Å². The Morgan fingerprint density at radius 2 is 1.79 bits per heavy atom. The lowest BCUT2D eigenvalue weighted by Gasteiger charge is -2.10. The molecule has 0 aliphatic heterocycles. The lowest BCUT2D eigenvalue weighted by Crippen LogP contribution is -2.10. The average molecular weight is 403 g/mol. The molecule has 29 heavy (non-hydrogen) atoms. The van der Waals surface area contributed by atoms with Crippen molar-refractivity contribution in [3.63, 3.8) is 0 Å². The lowest BCUT2D eigenvalue weighted by atomic mass is 10.1. The predicted molar refractivity (Wildman–Crippen MR) is 118 cm³/mol. The number of amides is 1. The van der Waals surface area contributed by atoms with E-state index in [0.717, 1.165) is 38.9 Å². The number of imidazole rings is 1. The summed E-state index contributed by atoms with van der Waals surface area (Å²) in [5, 5.41) is 0.917. The van der Waals surface area contributed by atoms with Crippen LogP contribution in [0.15, 0.2) is 72.0 Å². The van der Waals surface area contributed by atoms with Crippen molar-refractivity contribution in [1.29, 1.82) is 0 Å². The number of primary amides is 1. The SMILES string of the molecule is CC(C)CSc1nc(-c2ccccc2)cn2c(-c3ccc(C(N)=O)cc3)cnc12. The van der Waals surface area contributed by atoms with Crippen LogP contribution >= 0.6 is 11.8 Å². The van der Waals surface area contributed by atoms with Crippen molar-refractivity contribution >= 4 is 23.3 Å². The van der Waals surface area contributed by atoms with Crippen LogP contribution in [0.5, 0.6) is 0 Å². The van der Waals surface area contributed by atoms with Gasteiger partial charge in [-0.1, -0.05) is 56.3 Å². The third-order valence-corrected chi connectivity index (χ3v) is 5.93. The number of carbonyl (C=O) groups is 1. The van der Waals surface area contributed by atoms with Crippen molar-refractivity contribution in [2.24, 2.45) is 11.7 Å². The number of aromatic nitrogens is 3. The molecule has 2 aromatic carbocycles. The molecule has 0 aliphatic carbocycles. The van der Waals surface area contributed by atoms with Crippen LogP contribution in [-0.2, 0) is 0 Å². The molecule has 0 atom stereocenters. The summed E-state index contributed by atoms with van der Waals surface area (Å²) in [4.78, 5) is 20.9. The van der Waals surface area contributed by atoms with E-state index in [9.17, 15) is 4.79 Å². The minimum Gasteiger partial charge on any atom is -0.366 e. The minimum absolute atomic E-state index is 0.433. The molecule has 2 N–H and O–H groups in total. The standard InChI is InChI=1S/C23H22N4OS/c1-15(2)14-29-23-22-25-12-20(17-8-10-18(11-9-17)21(24)28)27(22)13-19(26-23)16-6-4-3-5-7-16/h3-13,15H,14H2,1-2H3,(H2,24,28). The number of thioether (sulfide) groups is 1. The van der Waals surface area contributed by atoms with Gasteiger partial charge in [-0.15, -0.1) is 11.8 Å². The average Bonchev–Trinajstić information content (AvgIpc) is 3.16. The van der Waals surface area contributed by atoms with Gasteiger partial charge in [0.1, 0.15) is 5.03 Å². The molecule has 2 aromatic heterocycles. The van der Waals surface area contributed by atoms with Crippen molar-refractivity contribution in [3.05, 3.63) is 72.6 Å². The molecule has 4 aromatic rings. The van der Waals surface area contributed by atoms with Gasteiger partial charge >= 0.3 is 0 Å². The molecule has 0 saturated heterocycles. The Bertz CT molecular complexity index is 1150. The van der Waals surface area contributed by atoms with Gasteiger partial charge in [0.05, 0.1) is 17.6 Å². The van der Waals surface area contributed by atoms with E-state index in [-0.39, 0.29) is 0 Å². The molecule has 0 bridgehead atoms. The monoisotopic (exact) mass is 402 g/mol. The van der Waals surface area contributed by atoms with Crippen molar-refractivity contribution in [1.82, 2.24) is 14.4 Å². The molecule has 0 fully saturated rings. The molecule has 4 rings (SSSR count). The van der Waals surface area contributed by atoms with E-state index in [1.54, 1.807) is 23.9 Å². The van der Waals surface area contributed by atoms with E-state index in [2.05, 4.69) is 35.4 Å². The van der Waals surface area contributed by atoms with Gasteiger partial charge in [0.15, 0.2) is 5.65 Å². The first kappa shape index (κ1) is 19.2. The van der Waals surface area contributed by atoms with Crippen molar-refractivity contribution in [2.75, 3.05) is 5.75 Å². The summed E-state index contributed by atoms with van der Waals surface area (Å²) in [5.74, 6) is 1.09. The van der Waals surface area contributed by atoms with Crippen LogP contribution in [-0.4, -0.2) is 26.0 Å².